The summed E-state index contributed by atoms with van der Waals surface area (Å²) in [7, 11) is 0. The SMILES string of the molecule is Cc1cc(CNCCCC2CCCNC2)sc1C. The molecular weight excluding hydrogens is 240 g/mol. The van der Waals surface area contributed by atoms with Gasteiger partial charge in [-0.15, -0.1) is 11.3 Å². The van der Waals surface area contributed by atoms with Crippen LogP contribution in [0.1, 0.15) is 41.0 Å². The minimum atomic E-state index is 0.923. The third-order valence-corrected chi connectivity index (χ3v) is 5.03. The minimum absolute atomic E-state index is 0.923. The third-order valence-electron chi connectivity index (χ3n) is 3.88. The molecule has 0 bridgehead atoms. The van der Waals surface area contributed by atoms with Crippen LogP contribution in [-0.2, 0) is 6.54 Å². The van der Waals surface area contributed by atoms with Crippen LogP contribution in [0.2, 0.25) is 0 Å². The second-order valence-electron chi connectivity index (χ2n) is 5.48. The number of hydrogen-bond acceptors (Lipinski definition) is 3. The lowest BCUT2D eigenvalue weighted by atomic mass is 9.95. The molecule has 1 aromatic rings. The lowest BCUT2D eigenvalue weighted by molar-refractivity contribution is 0.348. The molecule has 2 rings (SSSR count). The van der Waals surface area contributed by atoms with Gasteiger partial charge in [0.25, 0.3) is 0 Å². The highest BCUT2D eigenvalue weighted by Crippen LogP contribution is 2.20. The Morgan fingerprint density at radius 1 is 1.44 bits per heavy atom. The van der Waals surface area contributed by atoms with Gasteiger partial charge in [0.2, 0.25) is 0 Å². The average molecular weight is 266 g/mol. The van der Waals surface area contributed by atoms with Gasteiger partial charge in [0.1, 0.15) is 0 Å². The molecule has 0 radical (unpaired) electrons. The predicted octanol–water partition coefficient (Wildman–Crippen LogP) is 3.23. The normalized spacial score (nSPS) is 20.2. The Balaban J connectivity index is 1.55. The van der Waals surface area contributed by atoms with E-state index in [1.807, 2.05) is 11.3 Å². The molecule has 0 amide bonds. The van der Waals surface area contributed by atoms with Crippen LogP contribution in [0.3, 0.4) is 0 Å². The van der Waals surface area contributed by atoms with Crippen molar-refractivity contribution in [2.24, 2.45) is 5.92 Å². The van der Waals surface area contributed by atoms with E-state index in [0.29, 0.717) is 0 Å². The van der Waals surface area contributed by atoms with E-state index in [4.69, 9.17) is 0 Å². The van der Waals surface area contributed by atoms with Crippen molar-refractivity contribution in [3.8, 4) is 0 Å². The molecule has 1 saturated heterocycles. The summed E-state index contributed by atoms with van der Waals surface area (Å²) < 4.78 is 0. The molecule has 0 saturated carbocycles. The van der Waals surface area contributed by atoms with E-state index in [-0.39, 0.29) is 0 Å². The summed E-state index contributed by atoms with van der Waals surface area (Å²) in [6, 6.07) is 2.32. The fourth-order valence-electron chi connectivity index (χ4n) is 2.63. The number of aryl methyl sites for hydroxylation is 2. The van der Waals surface area contributed by atoms with E-state index >= 15 is 0 Å². The lowest BCUT2D eigenvalue weighted by Gasteiger charge is -2.22. The van der Waals surface area contributed by atoms with Gasteiger partial charge in [0, 0.05) is 16.3 Å². The van der Waals surface area contributed by atoms with Crippen LogP contribution in [0.15, 0.2) is 6.07 Å². The highest BCUT2D eigenvalue weighted by Gasteiger charge is 2.11. The van der Waals surface area contributed by atoms with Crippen molar-refractivity contribution < 1.29 is 0 Å². The predicted molar refractivity (Wildman–Crippen MR) is 80.3 cm³/mol. The lowest BCUT2D eigenvalue weighted by Crippen LogP contribution is -2.30. The monoisotopic (exact) mass is 266 g/mol. The van der Waals surface area contributed by atoms with Gasteiger partial charge in [-0.25, -0.2) is 0 Å². The van der Waals surface area contributed by atoms with E-state index in [1.54, 1.807) is 0 Å². The fraction of sp³-hybridized carbons (Fsp3) is 0.733. The van der Waals surface area contributed by atoms with Crippen LogP contribution in [0, 0.1) is 19.8 Å². The molecule has 0 spiro atoms. The quantitative estimate of drug-likeness (QED) is 0.773. The van der Waals surface area contributed by atoms with Crippen molar-refractivity contribution in [2.45, 2.75) is 46.1 Å². The highest BCUT2D eigenvalue weighted by atomic mass is 32.1. The first-order valence-electron chi connectivity index (χ1n) is 7.23. The summed E-state index contributed by atoms with van der Waals surface area (Å²) in [6.45, 7) is 9.08. The summed E-state index contributed by atoms with van der Waals surface area (Å²) >= 11 is 1.93. The third kappa shape index (κ3) is 4.38. The Labute approximate surface area is 115 Å². The van der Waals surface area contributed by atoms with Gasteiger partial charge < -0.3 is 10.6 Å². The largest absolute Gasteiger partial charge is 0.316 e. The Kier molecular flexibility index (Phi) is 5.67. The molecule has 1 aliphatic heterocycles. The number of hydrogen-bond donors (Lipinski definition) is 2. The number of nitrogens with one attached hydrogen (secondary N) is 2. The van der Waals surface area contributed by atoms with E-state index < -0.39 is 0 Å². The summed E-state index contributed by atoms with van der Waals surface area (Å²) in [5.41, 5.74) is 1.44. The topological polar surface area (TPSA) is 24.1 Å². The molecule has 18 heavy (non-hydrogen) atoms. The molecule has 1 aliphatic rings. The Hall–Kier alpha value is -0.380. The van der Waals surface area contributed by atoms with Crippen LogP contribution < -0.4 is 10.6 Å². The number of thiophene rings is 1. The van der Waals surface area contributed by atoms with Crippen molar-refractivity contribution in [2.75, 3.05) is 19.6 Å². The Morgan fingerprint density at radius 2 is 2.33 bits per heavy atom. The molecule has 2 N–H and O–H groups in total. The highest BCUT2D eigenvalue weighted by molar-refractivity contribution is 7.12. The summed E-state index contributed by atoms with van der Waals surface area (Å²) in [5.74, 6) is 0.923. The molecule has 1 atom stereocenters. The molecule has 2 heterocycles. The van der Waals surface area contributed by atoms with Crippen molar-refractivity contribution >= 4 is 11.3 Å². The molecule has 0 aliphatic carbocycles. The maximum atomic E-state index is 3.57. The van der Waals surface area contributed by atoms with Crippen molar-refractivity contribution in [1.82, 2.24) is 10.6 Å². The zero-order chi connectivity index (χ0) is 12.8. The molecule has 0 aromatic carbocycles. The first-order valence-corrected chi connectivity index (χ1v) is 8.04. The van der Waals surface area contributed by atoms with Gasteiger partial charge in [0.05, 0.1) is 0 Å². The second-order valence-corrected chi connectivity index (χ2v) is 6.82. The van der Waals surface area contributed by atoms with Crippen LogP contribution in [-0.4, -0.2) is 19.6 Å². The van der Waals surface area contributed by atoms with Gasteiger partial charge in [-0.3, -0.25) is 0 Å². The van der Waals surface area contributed by atoms with E-state index in [9.17, 15) is 0 Å². The smallest absolute Gasteiger partial charge is 0.0299 e. The molecule has 2 nitrogen and oxygen atoms in total. The van der Waals surface area contributed by atoms with Crippen molar-refractivity contribution in [1.29, 1.82) is 0 Å². The molecule has 1 aromatic heterocycles. The first-order chi connectivity index (χ1) is 8.75. The summed E-state index contributed by atoms with van der Waals surface area (Å²) in [4.78, 5) is 2.93. The minimum Gasteiger partial charge on any atom is -0.316 e. The van der Waals surface area contributed by atoms with Gasteiger partial charge >= 0.3 is 0 Å². The van der Waals surface area contributed by atoms with Crippen LogP contribution >= 0.6 is 11.3 Å². The average Bonchev–Trinajstić information content (AvgIpc) is 2.70. The van der Waals surface area contributed by atoms with E-state index in [1.165, 1.54) is 54.1 Å². The second kappa shape index (κ2) is 7.27. The van der Waals surface area contributed by atoms with Crippen molar-refractivity contribution in [3.63, 3.8) is 0 Å². The zero-order valence-electron chi connectivity index (χ0n) is 11.7. The Morgan fingerprint density at radius 3 is 3.00 bits per heavy atom. The molecular formula is C15H26N2S. The van der Waals surface area contributed by atoms with Gasteiger partial charge in [-0.05, 0) is 76.7 Å². The molecule has 1 unspecified atom stereocenters. The summed E-state index contributed by atoms with van der Waals surface area (Å²) in [6.07, 6.45) is 5.49. The maximum Gasteiger partial charge on any atom is 0.0299 e. The van der Waals surface area contributed by atoms with Crippen LogP contribution in [0.5, 0.6) is 0 Å². The molecule has 102 valence electrons. The maximum absolute atomic E-state index is 3.57. The zero-order valence-corrected chi connectivity index (χ0v) is 12.5. The van der Waals surface area contributed by atoms with Gasteiger partial charge in [-0.1, -0.05) is 0 Å². The first kappa shape index (κ1) is 14.0. The summed E-state index contributed by atoms with van der Waals surface area (Å²) in [5, 5.41) is 7.06. The molecule has 1 fully saturated rings. The van der Waals surface area contributed by atoms with Crippen LogP contribution in [0.25, 0.3) is 0 Å². The standard InChI is InChI=1S/C15H26N2S/c1-12-9-15(18-13(12)2)11-17-8-4-6-14-5-3-7-16-10-14/h9,14,16-17H,3-8,10-11H2,1-2H3. The van der Waals surface area contributed by atoms with E-state index in [2.05, 4.69) is 30.5 Å². The molecule has 3 heteroatoms. The van der Waals surface area contributed by atoms with Crippen LogP contribution in [0.4, 0.5) is 0 Å². The number of rotatable bonds is 6. The van der Waals surface area contributed by atoms with Gasteiger partial charge in [0.15, 0.2) is 0 Å². The fourth-order valence-corrected chi connectivity index (χ4v) is 3.66. The van der Waals surface area contributed by atoms with Gasteiger partial charge in [-0.2, -0.15) is 0 Å². The number of piperidine rings is 1. The Bertz CT molecular complexity index is 334. The van der Waals surface area contributed by atoms with E-state index in [0.717, 1.165) is 19.0 Å². The van der Waals surface area contributed by atoms with Crippen molar-refractivity contribution in [3.05, 3.63) is 21.4 Å².